The molecule has 3 fully saturated rings. The van der Waals surface area contributed by atoms with E-state index in [1.807, 2.05) is 6.08 Å². The van der Waals surface area contributed by atoms with Gasteiger partial charge in [-0.25, -0.2) is 0 Å². The summed E-state index contributed by atoms with van der Waals surface area (Å²) in [5, 5.41) is 10.5. The van der Waals surface area contributed by atoms with Crippen LogP contribution in [0.5, 0.6) is 0 Å². The van der Waals surface area contributed by atoms with E-state index in [0.717, 1.165) is 24.2 Å². The molecule has 1 heteroatoms. The van der Waals surface area contributed by atoms with Gasteiger partial charge in [0.05, 0.1) is 5.76 Å². The van der Waals surface area contributed by atoms with E-state index in [1.54, 1.807) is 0 Å². The number of aliphatic hydroxyl groups excluding tert-OH is 1. The van der Waals surface area contributed by atoms with Gasteiger partial charge < -0.3 is 5.11 Å². The van der Waals surface area contributed by atoms with Crippen molar-refractivity contribution in [1.82, 2.24) is 0 Å². The first-order valence-corrected chi connectivity index (χ1v) is 9.56. The molecule has 6 atom stereocenters. The first kappa shape index (κ1) is 14.8. The van der Waals surface area contributed by atoms with Gasteiger partial charge in [-0.2, -0.15) is 0 Å². The summed E-state index contributed by atoms with van der Waals surface area (Å²) in [4.78, 5) is 0. The molecule has 4 aliphatic carbocycles. The summed E-state index contributed by atoms with van der Waals surface area (Å²) in [6, 6.07) is 0. The smallest absolute Gasteiger partial charge is 0.0963 e. The van der Waals surface area contributed by atoms with Crippen molar-refractivity contribution >= 4 is 0 Å². The maximum absolute atomic E-state index is 10.5. The Morgan fingerprint density at radius 1 is 1.05 bits per heavy atom. The third-order valence-corrected chi connectivity index (χ3v) is 8.52. The van der Waals surface area contributed by atoms with Crippen LogP contribution in [0.15, 0.2) is 24.0 Å². The number of aliphatic hydroxyl groups is 1. The fraction of sp³-hybridized carbons (Fsp3) is 0.810. The fourth-order valence-corrected chi connectivity index (χ4v) is 7.33. The maximum Gasteiger partial charge on any atom is 0.0963 e. The van der Waals surface area contributed by atoms with Crippen molar-refractivity contribution in [3.05, 3.63) is 24.0 Å². The molecule has 22 heavy (non-hydrogen) atoms. The molecule has 4 rings (SSSR count). The van der Waals surface area contributed by atoms with Gasteiger partial charge in [0, 0.05) is 6.42 Å². The summed E-state index contributed by atoms with van der Waals surface area (Å²) >= 11 is 0. The van der Waals surface area contributed by atoms with Crippen LogP contribution in [0.4, 0.5) is 0 Å². The van der Waals surface area contributed by atoms with Crippen molar-refractivity contribution in [2.45, 2.75) is 71.6 Å². The predicted octanol–water partition coefficient (Wildman–Crippen LogP) is 6.03. The molecule has 0 heterocycles. The molecular formula is C21H32O. The van der Waals surface area contributed by atoms with Gasteiger partial charge in [-0.15, -0.1) is 0 Å². The molecular weight excluding hydrogens is 268 g/mol. The van der Waals surface area contributed by atoms with Gasteiger partial charge in [-0.1, -0.05) is 39.3 Å². The number of allylic oxidation sites excluding steroid dienone is 3. The SMILES string of the molecule is C=CC1=C(O)C[C@H]2[C@@H]3CCC4CCCC[C@]4(C)[C@H]3CC[C@]12C. The average molecular weight is 300 g/mol. The largest absolute Gasteiger partial charge is 0.512 e. The van der Waals surface area contributed by atoms with Crippen LogP contribution in [0.3, 0.4) is 0 Å². The van der Waals surface area contributed by atoms with E-state index in [0.29, 0.717) is 17.1 Å². The molecule has 0 amide bonds. The number of hydrogen-bond acceptors (Lipinski definition) is 1. The van der Waals surface area contributed by atoms with Crippen LogP contribution in [-0.2, 0) is 0 Å². The van der Waals surface area contributed by atoms with Gasteiger partial charge in [-0.3, -0.25) is 0 Å². The van der Waals surface area contributed by atoms with Crippen molar-refractivity contribution in [1.29, 1.82) is 0 Å². The lowest BCUT2D eigenvalue weighted by atomic mass is 9.45. The van der Waals surface area contributed by atoms with Crippen LogP contribution in [0, 0.1) is 34.5 Å². The van der Waals surface area contributed by atoms with E-state index < -0.39 is 0 Å². The molecule has 0 radical (unpaired) electrons. The lowest BCUT2D eigenvalue weighted by molar-refractivity contribution is -0.0988. The Hall–Kier alpha value is -0.720. The lowest BCUT2D eigenvalue weighted by Gasteiger charge is -2.60. The zero-order valence-corrected chi connectivity index (χ0v) is 14.4. The van der Waals surface area contributed by atoms with E-state index in [1.165, 1.54) is 56.9 Å². The van der Waals surface area contributed by atoms with Gasteiger partial charge >= 0.3 is 0 Å². The highest BCUT2D eigenvalue weighted by atomic mass is 16.3. The third kappa shape index (κ3) is 1.77. The molecule has 0 aliphatic heterocycles. The molecule has 3 saturated carbocycles. The second-order valence-electron chi connectivity index (χ2n) is 9.13. The quantitative estimate of drug-likeness (QED) is 0.627. The molecule has 122 valence electrons. The third-order valence-electron chi connectivity index (χ3n) is 8.52. The van der Waals surface area contributed by atoms with Crippen LogP contribution in [0.25, 0.3) is 0 Å². The van der Waals surface area contributed by atoms with Gasteiger partial charge in [0.1, 0.15) is 0 Å². The van der Waals surface area contributed by atoms with Gasteiger partial charge in [0.15, 0.2) is 0 Å². The summed E-state index contributed by atoms with van der Waals surface area (Å²) in [5.41, 5.74) is 1.96. The Balaban J connectivity index is 1.67. The lowest BCUT2D eigenvalue weighted by Crippen LogP contribution is -2.52. The molecule has 0 bridgehead atoms. The van der Waals surface area contributed by atoms with E-state index in [4.69, 9.17) is 0 Å². The summed E-state index contributed by atoms with van der Waals surface area (Å²) in [6.07, 6.45) is 14.2. The molecule has 4 aliphatic rings. The molecule has 1 unspecified atom stereocenters. The second kappa shape index (κ2) is 4.89. The van der Waals surface area contributed by atoms with Crippen molar-refractivity contribution in [2.75, 3.05) is 0 Å². The van der Waals surface area contributed by atoms with E-state index >= 15 is 0 Å². The predicted molar refractivity (Wildman–Crippen MR) is 91.6 cm³/mol. The molecule has 0 aromatic carbocycles. The van der Waals surface area contributed by atoms with E-state index in [9.17, 15) is 5.11 Å². The first-order chi connectivity index (χ1) is 10.5. The van der Waals surface area contributed by atoms with Gasteiger partial charge in [0.25, 0.3) is 0 Å². The first-order valence-electron chi connectivity index (χ1n) is 9.56. The highest BCUT2D eigenvalue weighted by molar-refractivity contribution is 5.35. The molecule has 1 nitrogen and oxygen atoms in total. The average Bonchev–Trinajstić information content (AvgIpc) is 2.76. The van der Waals surface area contributed by atoms with Crippen LogP contribution >= 0.6 is 0 Å². The Morgan fingerprint density at radius 3 is 2.64 bits per heavy atom. The minimum absolute atomic E-state index is 0.199. The Morgan fingerprint density at radius 2 is 1.86 bits per heavy atom. The number of rotatable bonds is 1. The van der Waals surface area contributed by atoms with Crippen LogP contribution in [-0.4, -0.2) is 5.11 Å². The Labute approximate surface area is 135 Å². The van der Waals surface area contributed by atoms with Gasteiger partial charge in [-0.05, 0) is 78.6 Å². The minimum atomic E-state index is 0.199. The Bertz CT molecular complexity index is 518. The summed E-state index contributed by atoms with van der Waals surface area (Å²) in [5.74, 6) is 4.03. The van der Waals surface area contributed by atoms with Crippen LogP contribution in [0.1, 0.15) is 71.6 Å². The number of hydrogen-bond donors (Lipinski definition) is 1. The van der Waals surface area contributed by atoms with Crippen LogP contribution in [0.2, 0.25) is 0 Å². The summed E-state index contributed by atoms with van der Waals surface area (Å²) in [7, 11) is 0. The maximum atomic E-state index is 10.5. The topological polar surface area (TPSA) is 20.2 Å². The summed E-state index contributed by atoms with van der Waals surface area (Å²) < 4.78 is 0. The molecule has 0 aromatic heterocycles. The van der Waals surface area contributed by atoms with Crippen molar-refractivity contribution in [3.63, 3.8) is 0 Å². The normalized spacial score (nSPS) is 51.0. The summed E-state index contributed by atoms with van der Waals surface area (Å²) in [6.45, 7) is 9.02. The highest BCUT2D eigenvalue weighted by Gasteiger charge is 2.58. The van der Waals surface area contributed by atoms with Crippen molar-refractivity contribution < 1.29 is 5.11 Å². The molecule has 1 N–H and O–H groups in total. The fourth-order valence-electron chi connectivity index (χ4n) is 7.33. The zero-order valence-electron chi connectivity index (χ0n) is 14.4. The number of fused-ring (bicyclic) bond motifs is 5. The van der Waals surface area contributed by atoms with Crippen LogP contribution < -0.4 is 0 Å². The van der Waals surface area contributed by atoms with Crippen molar-refractivity contribution in [3.8, 4) is 0 Å². The molecule has 0 spiro atoms. The van der Waals surface area contributed by atoms with Gasteiger partial charge in [0.2, 0.25) is 0 Å². The standard InChI is InChI=1S/C21H32O/c1-4-16-19(22)13-18-15-9-8-14-7-5-6-11-20(14,2)17(15)10-12-21(16,18)3/h4,14-15,17-18,22H,1,5-13H2,2-3H3/t14?,15-,17+,18+,20+,21-/m1/s1. The van der Waals surface area contributed by atoms with Crippen molar-refractivity contribution in [2.24, 2.45) is 34.5 Å². The minimum Gasteiger partial charge on any atom is -0.512 e. The van der Waals surface area contributed by atoms with E-state index in [2.05, 4.69) is 20.4 Å². The second-order valence-corrected chi connectivity index (χ2v) is 9.13. The van der Waals surface area contributed by atoms with E-state index in [-0.39, 0.29) is 5.41 Å². The monoisotopic (exact) mass is 300 g/mol. The zero-order chi connectivity index (χ0) is 15.5. The Kier molecular flexibility index (Phi) is 3.30. The molecule has 0 saturated heterocycles. The highest BCUT2D eigenvalue weighted by Crippen LogP contribution is 2.67. The molecule has 0 aromatic rings.